The lowest BCUT2D eigenvalue weighted by Crippen LogP contribution is -2.16. The van der Waals surface area contributed by atoms with Crippen LogP contribution in [0.1, 0.15) is 12.6 Å². The Balaban J connectivity index is 2.78. The normalized spacial score (nSPS) is 10.2. The maximum atomic E-state index is 10.8. The minimum Gasteiger partial charge on any atom is -0.309 e. The number of hydrogen-bond donors (Lipinski definition) is 1. The predicted molar refractivity (Wildman–Crippen MR) is 66.6 cm³/mol. The van der Waals surface area contributed by atoms with E-state index in [1.54, 1.807) is 12.1 Å². The molecule has 0 saturated heterocycles. The second-order valence-corrected chi connectivity index (χ2v) is 9.24. The van der Waals surface area contributed by atoms with Crippen LogP contribution < -0.4 is 5.32 Å². The number of rotatable bonds is 1. The van der Waals surface area contributed by atoms with E-state index < -0.39 is 8.07 Å². The second-order valence-electron chi connectivity index (χ2n) is 4.49. The van der Waals surface area contributed by atoms with Gasteiger partial charge in [-0.15, -0.1) is 15.7 Å². The molecule has 5 heteroatoms. The van der Waals surface area contributed by atoms with Crippen LogP contribution in [0, 0.1) is 11.5 Å². The average Bonchev–Trinajstić information content (AvgIpc) is 2.14. The van der Waals surface area contributed by atoms with E-state index in [-0.39, 0.29) is 5.91 Å². The summed E-state index contributed by atoms with van der Waals surface area (Å²) in [5.74, 6) is 3.28. The van der Waals surface area contributed by atoms with Crippen LogP contribution in [0.2, 0.25) is 19.6 Å². The highest BCUT2D eigenvalue weighted by Gasteiger charge is 2.07. The van der Waals surface area contributed by atoms with Crippen molar-refractivity contribution < 1.29 is 4.79 Å². The molecule has 16 heavy (non-hydrogen) atoms. The molecule has 1 amide bonds. The first-order valence-corrected chi connectivity index (χ1v) is 8.51. The molecule has 0 atom stereocenters. The van der Waals surface area contributed by atoms with Gasteiger partial charge in [0.15, 0.2) is 5.82 Å². The Morgan fingerprint density at radius 3 is 2.44 bits per heavy atom. The Bertz CT molecular complexity index is 437. The van der Waals surface area contributed by atoms with Gasteiger partial charge >= 0.3 is 0 Å². The van der Waals surface area contributed by atoms with Gasteiger partial charge in [0.25, 0.3) is 0 Å². The molecule has 84 valence electrons. The Morgan fingerprint density at radius 1 is 1.31 bits per heavy atom. The molecule has 1 rings (SSSR count). The number of amides is 1. The van der Waals surface area contributed by atoms with Crippen molar-refractivity contribution in [2.45, 2.75) is 26.6 Å². The minimum absolute atomic E-state index is 0.157. The Labute approximate surface area is 96.5 Å². The van der Waals surface area contributed by atoms with Gasteiger partial charge in [-0.1, -0.05) is 25.6 Å². The van der Waals surface area contributed by atoms with E-state index in [0.717, 1.165) is 0 Å². The van der Waals surface area contributed by atoms with E-state index in [9.17, 15) is 4.79 Å². The van der Waals surface area contributed by atoms with Gasteiger partial charge in [0.1, 0.15) is 13.8 Å². The van der Waals surface area contributed by atoms with Crippen molar-refractivity contribution in [3.63, 3.8) is 0 Å². The summed E-state index contributed by atoms with van der Waals surface area (Å²) in [6.07, 6.45) is 0. The van der Waals surface area contributed by atoms with Crippen LogP contribution in [-0.4, -0.2) is 24.2 Å². The topological polar surface area (TPSA) is 54.9 Å². The van der Waals surface area contributed by atoms with Gasteiger partial charge < -0.3 is 5.32 Å². The third-order valence-electron chi connectivity index (χ3n) is 1.53. The van der Waals surface area contributed by atoms with E-state index in [1.165, 1.54) is 6.92 Å². The highest BCUT2D eigenvalue weighted by molar-refractivity contribution is 6.83. The Kier molecular flexibility index (Phi) is 3.80. The van der Waals surface area contributed by atoms with Crippen molar-refractivity contribution in [3.05, 3.63) is 17.8 Å². The second kappa shape index (κ2) is 4.90. The first-order chi connectivity index (χ1) is 7.37. The fourth-order valence-corrected chi connectivity index (χ4v) is 1.40. The fourth-order valence-electron chi connectivity index (χ4n) is 0.897. The molecule has 0 bridgehead atoms. The number of nitrogens with one attached hydrogen (secondary N) is 1. The zero-order valence-corrected chi connectivity index (χ0v) is 11.0. The van der Waals surface area contributed by atoms with Crippen LogP contribution >= 0.6 is 0 Å². The summed E-state index contributed by atoms with van der Waals surface area (Å²) >= 11 is 0. The summed E-state index contributed by atoms with van der Waals surface area (Å²) < 4.78 is 0. The molecule has 0 radical (unpaired) electrons. The van der Waals surface area contributed by atoms with E-state index in [4.69, 9.17) is 0 Å². The molecule has 1 aromatic heterocycles. The standard InChI is InChI=1S/C11H15N3OSi/c1-9(15)12-11-6-5-10(13-14-11)7-8-16(2,3)4/h5-6H,1-4H3,(H,12,14,15). The highest BCUT2D eigenvalue weighted by Crippen LogP contribution is 2.02. The summed E-state index contributed by atoms with van der Waals surface area (Å²) in [5, 5.41) is 10.3. The van der Waals surface area contributed by atoms with E-state index in [2.05, 4.69) is 46.6 Å². The molecule has 0 aliphatic heterocycles. The minimum atomic E-state index is -1.38. The number of carbonyl (C=O) groups is 1. The van der Waals surface area contributed by atoms with Crippen molar-refractivity contribution in [1.29, 1.82) is 0 Å². The van der Waals surface area contributed by atoms with Gasteiger partial charge in [-0.3, -0.25) is 4.79 Å². The average molecular weight is 233 g/mol. The zero-order valence-electron chi connectivity index (χ0n) is 9.96. The monoisotopic (exact) mass is 233 g/mol. The van der Waals surface area contributed by atoms with Crippen molar-refractivity contribution >= 4 is 19.8 Å². The molecule has 0 aliphatic rings. The number of anilines is 1. The lowest BCUT2D eigenvalue weighted by Gasteiger charge is -2.03. The first kappa shape index (κ1) is 12.4. The molecule has 4 nitrogen and oxygen atoms in total. The molecule has 0 aliphatic carbocycles. The number of aromatic nitrogens is 2. The quantitative estimate of drug-likeness (QED) is 0.593. The molecule has 0 unspecified atom stereocenters. The molecule has 0 spiro atoms. The van der Waals surface area contributed by atoms with E-state index in [1.807, 2.05) is 0 Å². The lowest BCUT2D eigenvalue weighted by atomic mass is 10.4. The summed E-state index contributed by atoms with van der Waals surface area (Å²) in [6, 6.07) is 3.45. The van der Waals surface area contributed by atoms with E-state index in [0.29, 0.717) is 11.5 Å². The van der Waals surface area contributed by atoms with Crippen molar-refractivity contribution in [2.24, 2.45) is 0 Å². The smallest absolute Gasteiger partial charge is 0.222 e. The number of hydrogen-bond acceptors (Lipinski definition) is 3. The van der Waals surface area contributed by atoms with Crippen molar-refractivity contribution in [1.82, 2.24) is 10.2 Å². The maximum absolute atomic E-state index is 10.8. The van der Waals surface area contributed by atoms with Crippen LogP contribution in [0.4, 0.5) is 5.82 Å². The van der Waals surface area contributed by atoms with E-state index >= 15 is 0 Å². The fraction of sp³-hybridized carbons (Fsp3) is 0.364. The molecule has 0 saturated carbocycles. The summed E-state index contributed by atoms with van der Waals surface area (Å²) in [5.41, 5.74) is 3.83. The molecule has 0 fully saturated rings. The molecular formula is C11H15N3OSi. The van der Waals surface area contributed by atoms with Crippen molar-refractivity contribution in [3.8, 4) is 11.5 Å². The summed E-state index contributed by atoms with van der Waals surface area (Å²) in [7, 11) is -1.38. The summed E-state index contributed by atoms with van der Waals surface area (Å²) in [4.78, 5) is 10.8. The van der Waals surface area contributed by atoms with Gasteiger partial charge in [0.2, 0.25) is 5.91 Å². The highest BCUT2D eigenvalue weighted by atomic mass is 28.3. The van der Waals surface area contributed by atoms with Gasteiger partial charge in [-0.05, 0) is 12.1 Å². The third-order valence-corrected chi connectivity index (χ3v) is 2.41. The van der Waals surface area contributed by atoms with Crippen LogP contribution in [0.15, 0.2) is 12.1 Å². The maximum Gasteiger partial charge on any atom is 0.222 e. The van der Waals surface area contributed by atoms with Crippen LogP contribution in [0.3, 0.4) is 0 Å². The first-order valence-electron chi connectivity index (χ1n) is 5.01. The Hall–Kier alpha value is -1.67. The predicted octanol–water partition coefficient (Wildman–Crippen LogP) is 1.66. The van der Waals surface area contributed by atoms with Crippen LogP contribution in [-0.2, 0) is 4.79 Å². The lowest BCUT2D eigenvalue weighted by molar-refractivity contribution is -0.114. The van der Waals surface area contributed by atoms with Gasteiger partial charge in [0, 0.05) is 6.92 Å². The zero-order chi connectivity index (χ0) is 12.2. The summed E-state index contributed by atoms with van der Waals surface area (Å²) in [6.45, 7) is 7.93. The number of carbonyl (C=O) groups excluding carboxylic acids is 1. The van der Waals surface area contributed by atoms with Gasteiger partial charge in [0.05, 0.1) is 0 Å². The largest absolute Gasteiger partial charge is 0.309 e. The van der Waals surface area contributed by atoms with Gasteiger partial charge in [-0.25, -0.2) is 0 Å². The molecular weight excluding hydrogens is 218 g/mol. The number of nitrogens with zero attached hydrogens (tertiary/aromatic N) is 2. The molecule has 0 aromatic carbocycles. The van der Waals surface area contributed by atoms with Gasteiger partial charge in [-0.2, -0.15) is 0 Å². The van der Waals surface area contributed by atoms with Crippen molar-refractivity contribution in [2.75, 3.05) is 5.32 Å². The van der Waals surface area contributed by atoms with Crippen LogP contribution in [0.5, 0.6) is 0 Å². The molecule has 1 heterocycles. The van der Waals surface area contributed by atoms with Crippen LogP contribution in [0.25, 0.3) is 0 Å². The third kappa shape index (κ3) is 4.71. The molecule has 1 aromatic rings. The Morgan fingerprint density at radius 2 is 2.00 bits per heavy atom. The molecule has 1 N–H and O–H groups in total. The SMILES string of the molecule is CC(=O)Nc1ccc(C#C[Si](C)(C)C)nn1.